The number of ether oxygens (including phenoxy) is 2. The van der Waals surface area contributed by atoms with Gasteiger partial charge in [0.1, 0.15) is 31.0 Å². The normalized spacial score (nSPS) is 30.5. The molecule has 5 unspecified atom stereocenters. The van der Waals surface area contributed by atoms with E-state index in [1.54, 1.807) is 30.3 Å². The zero-order valence-electron chi connectivity index (χ0n) is 12.5. The monoisotopic (exact) mass is 325 g/mol. The van der Waals surface area contributed by atoms with E-state index in [0.29, 0.717) is 5.56 Å². The average molecular weight is 325 g/mol. The molecule has 2 rings (SSSR count). The number of aliphatic hydroxyl groups is 3. The van der Waals surface area contributed by atoms with E-state index >= 15 is 0 Å². The standard InChI is InChI=1S/C15H19NO7/c1-8(17)22-7-10-12(18)13(19)11(15(21)23-10)16-14(20)9-5-3-2-4-6-9/h2-6,10-13,15,18-19,21H,7H2,1H3,(H,16,20). The number of amides is 1. The van der Waals surface area contributed by atoms with Crippen molar-refractivity contribution in [2.24, 2.45) is 0 Å². The summed E-state index contributed by atoms with van der Waals surface area (Å²) in [6.07, 6.45) is -5.55. The van der Waals surface area contributed by atoms with E-state index in [-0.39, 0.29) is 6.61 Å². The number of rotatable bonds is 4. The first kappa shape index (κ1) is 17.4. The summed E-state index contributed by atoms with van der Waals surface area (Å²) in [6, 6.07) is 7.00. The molecule has 1 aliphatic heterocycles. The minimum absolute atomic E-state index is 0.316. The molecule has 1 heterocycles. The van der Waals surface area contributed by atoms with Crippen LogP contribution in [0.5, 0.6) is 0 Å². The Kier molecular flexibility index (Phi) is 5.67. The van der Waals surface area contributed by atoms with Crippen LogP contribution in [-0.2, 0) is 14.3 Å². The fourth-order valence-electron chi connectivity index (χ4n) is 2.26. The van der Waals surface area contributed by atoms with Gasteiger partial charge in [0.05, 0.1) is 0 Å². The first-order valence-corrected chi connectivity index (χ1v) is 7.09. The third-order valence-electron chi connectivity index (χ3n) is 3.50. The van der Waals surface area contributed by atoms with E-state index in [9.17, 15) is 24.9 Å². The Labute approximate surface area is 132 Å². The van der Waals surface area contributed by atoms with Gasteiger partial charge in [0, 0.05) is 12.5 Å². The second-order valence-corrected chi connectivity index (χ2v) is 5.21. The van der Waals surface area contributed by atoms with Crippen LogP contribution in [0.3, 0.4) is 0 Å². The molecule has 0 aliphatic carbocycles. The molecule has 1 aliphatic rings. The molecule has 1 fully saturated rings. The molecule has 0 bridgehead atoms. The lowest BCUT2D eigenvalue weighted by Crippen LogP contribution is -2.64. The lowest BCUT2D eigenvalue weighted by Gasteiger charge is -2.40. The maximum Gasteiger partial charge on any atom is 0.302 e. The maximum atomic E-state index is 12.1. The van der Waals surface area contributed by atoms with Crippen LogP contribution >= 0.6 is 0 Å². The molecule has 0 spiro atoms. The number of esters is 1. The van der Waals surface area contributed by atoms with Crippen LogP contribution in [0, 0.1) is 0 Å². The van der Waals surface area contributed by atoms with E-state index in [1.807, 2.05) is 0 Å². The van der Waals surface area contributed by atoms with Crippen molar-refractivity contribution >= 4 is 11.9 Å². The predicted octanol–water partition coefficient (Wildman–Crippen LogP) is -1.21. The van der Waals surface area contributed by atoms with E-state index in [1.165, 1.54) is 6.92 Å². The third kappa shape index (κ3) is 4.26. The molecule has 8 heteroatoms. The quantitative estimate of drug-likeness (QED) is 0.512. The second-order valence-electron chi connectivity index (χ2n) is 5.21. The lowest BCUT2D eigenvalue weighted by molar-refractivity contribution is -0.254. The van der Waals surface area contributed by atoms with Gasteiger partial charge in [-0.05, 0) is 12.1 Å². The van der Waals surface area contributed by atoms with Crippen molar-refractivity contribution in [1.29, 1.82) is 0 Å². The minimum atomic E-state index is -1.55. The minimum Gasteiger partial charge on any atom is -0.463 e. The molecule has 4 N–H and O–H groups in total. The van der Waals surface area contributed by atoms with Crippen molar-refractivity contribution in [3.63, 3.8) is 0 Å². The lowest BCUT2D eigenvalue weighted by atomic mass is 9.96. The number of carbonyl (C=O) groups is 2. The Morgan fingerprint density at radius 3 is 2.43 bits per heavy atom. The molecule has 1 saturated heterocycles. The molecule has 1 aromatic rings. The van der Waals surface area contributed by atoms with E-state index in [0.717, 1.165) is 0 Å². The van der Waals surface area contributed by atoms with Gasteiger partial charge < -0.3 is 30.1 Å². The van der Waals surface area contributed by atoms with Gasteiger partial charge in [-0.2, -0.15) is 0 Å². The van der Waals surface area contributed by atoms with Crippen LogP contribution in [0.15, 0.2) is 30.3 Å². The highest BCUT2D eigenvalue weighted by molar-refractivity contribution is 5.94. The number of nitrogens with one attached hydrogen (secondary N) is 1. The number of aliphatic hydroxyl groups excluding tert-OH is 3. The van der Waals surface area contributed by atoms with Crippen LogP contribution in [0.25, 0.3) is 0 Å². The summed E-state index contributed by atoms with van der Waals surface area (Å²) in [5.74, 6) is -1.10. The predicted molar refractivity (Wildman–Crippen MR) is 77.2 cm³/mol. The Balaban J connectivity index is 2.01. The van der Waals surface area contributed by atoms with Crippen molar-refractivity contribution in [1.82, 2.24) is 5.32 Å². The van der Waals surface area contributed by atoms with Gasteiger partial charge in [0.25, 0.3) is 5.91 Å². The summed E-state index contributed by atoms with van der Waals surface area (Å²) in [7, 11) is 0. The highest BCUT2D eigenvalue weighted by Gasteiger charge is 2.45. The van der Waals surface area contributed by atoms with Gasteiger partial charge in [-0.1, -0.05) is 18.2 Å². The summed E-state index contributed by atoms with van der Waals surface area (Å²) in [5.41, 5.74) is 0.337. The molecule has 1 aromatic carbocycles. The van der Waals surface area contributed by atoms with E-state index in [2.05, 4.69) is 5.32 Å². The number of hydrogen-bond donors (Lipinski definition) is 4. The van der Waals surface area contributed by atoms with E-state index in [4.69, 9.17) is 9.47 Å². The first-order chi connectivity index (χ1) is 10.9. The molecule has 23 heavy (non-hydrogen) atoms. The molecule has 1 amide bonds. The SMILES string of the molecule is CC(=O)OCC1OC(O)C(NC(=O)c2ccccc2)C(O)C1O. The van der Waals surface area contributed by atoms with Gasteiger partial charge in [0.2, 0.25) is 0 Å². The molecule has 0 radical (unpaired) electrons. The highest BCUT2D eigenvalue weighted by atomic mass is 16.6. The number of hydrogen-bond acceptors (Lipinski definition) is 7. The van der Waals surface area contributed by atoms with E-state index < -0.39 is 42.5 Å². The highest BCUT2D eigenvalue weighted by Crippen LogP contribution is 2.20. The Bertz CT molecular complexity index is 550. The molecule has 5 atom stereocenters. The van der Waals surface area contributed by atoms with Crippen LogP contribution in [-0.4, -0.2) is 64.4 Å². The largest absolute Gasteiger partial charge is 0.463 e. The fourth-order valence-corrected chi connectivity index (χ4v) is 2.26. The summed E-state index contributed by atoms with van der Waals surface area (Å²) < 4.78 is 9.82. The first-order valence-electron chi connectivity index (χ1n) is 7.09. The van der Waals surface area contributed by atoms with Crippen molar-refractivity contribution in [2.45, 2.75) is 37.6 Å². The fraction of sp³-hybridized carbons (Fsp3) is 0.467. The zero-order chi connectivity index (χ0) is 17.0. The van der Waals surface area contributed by atoms with Crippen molar-refractivity contribution in [3.05, 3.63) is 35.9 Å². The van der Waals surface area contributed by atoms with Gasteiger partial charge in [-0.25, -0.2) is 0 Å². The summed E-state index contributed by atoms with van der Waals surface area (Å²) in [6.45, 7) is 0.870. The summed E-state index contributed by atoms with van der Waals surface area (Å²) >= 11 is 0. The topological polar surface area (TPSA) is 125 Å². The van der Waals surface area contributed by atoms with Crippen LogP contribution < -0.4 is 5.32 Å². The van der Waals surface area contributed by atoms with Gasteiger partial charge >= 0.3 is 5.97 Å². The maximum absolute atomic E-state index is 12.1. The van der Waals surface area contributed by atoms with Crippen molar-refractivity contribution in [3.8, 4) is 0 Å². The smallest absolute Gasteiger partial charge is 0.302 e. The number of carbonyl (C=O) groups excluding carboxylic acids is 2. The molecule has 0 saturated carbocycles. The average Bonchev–Trinajstić information content (AvgIpc) is 2.54. The Hall–Kier alpha value is -2.00. The van der Waals surface area contributed by atoms with Crippen LogP contribution in [0.1, 0.15) is 17.3 Å². The third-order valence-corrected chi connectivity index (χ3v) is 3.50. The second kappa shape index (κ2) is 7.51. The van der Waals surface area contributed by atoms with Crippen molar-refractivity contribution in [2.75, 3.05) is 6.61 Å². The number of benzene rings is 1. The molecule has 0 aromatic heterocycles. The Morgan fingerprint density at radius 2 is 1.83 bits per heavy atom. The van der Waals surface area contributed by atoms with Crippen LogP contribution in [0.4, 0.5) is 0 Å². The van der Waals surface area contributed by atoms with Crippen LogP contribution in [0.2, 0.25) is 0 Å². The molecule has 8 nitrogen and oxygen atoms in total. The summed E-state index contributed by atoms with van der Waals surface area (Å²) in [5, 5.41) is 32.4. The van der Waals surface area contributed by atoms with Crippen molar-refractivity contribution < 1.29 is 34.4 Å². The van der Waals surface area contributed by atoms with Gasteiger partial charge in [0.15, 0.2) is 6.29 Å². The summed E-state index contributed by atoms with van der Waals surface area (Å²) in [4.78, 5) is 22.8. The van der Waals surface area contributed by atoms with Gasteiger partial charge in [-0.3, -0.25) is 9.59 Å². The zero-order valence-corrected chi connectivity index (χ0v) is 12.5. The molecule has 126 valence electrons. The molecular weight excluding hydrogens is 306 g/mol. The Morgan fingerprint density at radius 1 is 1.17 bits per heavy atom. The molecular formula is C15H19NO7. The van der Waals surface area contributed by atoms with Gasteiger partial charge in [-0.15, -0.1) is 0 Å².